The van der Waals surface area contributed by atoms with Gasteiger partial charge in [-0.15, -0.1) is 0 Å². The molecule has 0 spiro atoms. The van der Waals surface area contributed by atoms with Gasteiger partial charge >= 0.3 is 6.03 Å². The summed E-state index contributed by atoms with van der Waals surface area (Å²) in [5, 5.41) is 0. The van der Waals surface area contributed by atoms with Crippen molar-refractivity contribution < 1.29 is 4.79 Å². The van der Waals surface area contributed by atoms with Gasteiger partial charge in [0.15, 0.2) is 0 Å². The number of likely N-dealkylation sites (tertiary alicyclic amines) is 1. The first-order valence-corrected chi connectivity index (χ1v) is 8.69. The quantitative estimate of drug-likeness (QED) is 0.869. The van der Waals surface area contributed by atoms with Gasteiger partial charge in [0.05, 0.1) is 5.69 Å². The summed E-state index contributed by atoms with van der Waals surface area (Å²) < 4.78 is 1.60. The summed E-state index contributed by atoms with van der Waals surface area (Å²) in [6.07, 6.45) is 5.53. The second kappa shape index (κ2) is 7.18. The molecule has 0 bridgehead atoms. The number of amides is 1. The fourth-order valence-electron chi connectivity index (χ4n) is 3.34. The van der Waals surface area contributed by atoms with E-state index < -0.39 is 0 Å². The molecule has 0 aliphatic carbocycles. The van der Waals surface area contributed by atoms with E-state index in [1.54, 1.807) is 10.9 Å². The summed E-state index contributed by atoms with van der Waals surface area (Å²) in [5.41, 5.74) is 3.06. The lowest BCUT2D eigenvalue weighted by molar-refractivity contribution is 0.139. The summed E-state index contributed by atoms with van der Waals surface area (Å²) in [6.45, 7) is 7.47. The minimum absolute atomic E-state index is 0.00338. The predicted molar refractivity (Wildman–Crippen MR) is 96.1 cm³/mol. The molecule has 1 aromatic heterocycles. The van der Waals surface area contributed by atoms with Gasteiger partial charge in [-0.3, -0.25) is 4.57 Å². The number of imidazole rings is 1. The van der Waals surface area contributed by atoms with Crippen molar-refractivity contribution in [3.05, 3.63) is 42.4 Å². The molecule has 128 valence electrons. The van der Waals surface area contributed by atoms with Crippen LogP contribution in [0.5, 0.6) is 0 Å². The van der Waals surface area contributed by atoms with Crippen molar-refractivity contribution in [2.24, 2.45) is 0 Å². The van der Waals surface area contributed by atoms with E-state index in [2.05, 4.69) is 35.9 Å². The van der Waals surface area contributed by atoms with Crippen LogP contribution < -0.4 is 0 Å². The third-order valence-electron chi connectivity index (χ3n) is 4.97. The Morgan fingerprint density at radius 3 is 2.75 bits per heavy atom. The highest BCUT2D eigenvalue weighted by Crippen LogP contribution is 2.20. The van der Waals surface area contributed by atoms with Gasteiger partial charge in [0.25, 0.3) is 0 Å². The summed E-state index contributed by atoms with van der Waals surface area (Å²) in [6, 6.07) is 8.48. The molecule has 0 unspecified atom stereocenters. The Morgan fingerprint density at radius 1 is 1.33 bits per heavy atom. The number of nitrogens with zero attached hydrogens (tertiary/aromatic N) is 4. The van der Waals surface area contributed by atoms with E-state index in [9.17, 15) is 4.79 Å². The first-order chi connectivity index (χ1) is 11.6. The van der Waals surface area contributed by atoms with Gasteiger partial charge < -0.3 is 9.80 Å². The fraction of sp³-hybridized carbons (Fsp3) is 0.474. The van der Waals surface area contributed by atoms with Gasteiger partial charge in [0, 0.05) is 37.9 Å². The maximum Gasteiger partial charge on any atom is 0.329 e. The minimum atomic E-state index is -0.00338. The monoisotopic (exact) mass is 326 g/mol. The van der Waals surface area contributed by atoms with Gasteiger partial charge in [-0.2, -0.15) is 0 Å². The van der Waals surface area contributed by atoms with E-state index in [0.717, 1.165) is 43.7 Å². The Labute approximate surface area is 143 Å². The summed E-state index contributed by atoms with van der Waals surface area (Å²) in [5.74, 6) is 0. The average molecular weight is 326 g/mol. The molecule has 1 saturated heterocycles. The molecular formula is C19H26N4O. The highest BCUT2D eigenvalue weighted by molar-refractivity contribution is 5.78. The molecule has 2 aromatic rings. The van der Waals surface area contributed by atoms with Crippen LogP contribution in [-0.2, 0) is 0 Å². The zero-order valence-electron chi connectivity index (χ0n) is 14.8. The molecule has 1 amide bonds. The normalized spacial score (nSPS) is 16.3. The number of rotatable bonds is 3. The Balaban J connectivity index is 1.69. The fourth-order valence-corrected chi connectivity index (χ4v) is 3.34. The van der Waals surface area contributed by atoms with Crippen molar-refractivity contribution in [3.63, 3.8) is 0 Å². The van der Waals surface area contributed by atoms with Crippen molar-refractivity contribution in [2.75, 3.05) is 26.7 Å². The van der Waals surface area contributed by atoms with Crippen LogP contribution in [0, 0.1) is 6.92 Å². The minimum Gasteiger partial charge on any atom is -0.324 e. The lowest BCUT2D eigenvalue weighted by atomic mass is 10.0. The summed E-state index contributed by atoms with van der Waals surface area (Å²) in [7, 11) is 1.90. The van der Waals surface area contributed by atoms with Crippen LogP contribution in [0.3, 0.4) is 0 Å². The largest absolute Gasteiger partial charge is 0.329 e. The molecule has 1 aliphatic rings. The zero-order valence-corrected chi connectivity index (χ0v) is 14.8. The number of carbonyl (C=O) groups is 1. The molecule has 2 heterocycles. The van der Waals surface area contributed by atoms with Crippen LogP contribution in [0.15, 0.2) is 36.8 Å². The highest BCUT2D eigenvalue weighted by atomic mass is 16.2. The molecular weight excluding hydrogens is 300 g/mol. The smallest absolute Gasteiger partial charge is 0.324 e. The lowest BCUT2D eigenvalue weighted by Crippen LogP contribution is -2.46. The topological polar surface area (TPSA) is 41.4 Å². The third kappa shape index (κ3) is 3.51. The van der Waals surface area contributed by atoms with Gasteiger partial charge in [0.2, 0.25) is 0 Å². The van der Waals surface area contributed by atoms with Gasteiger partial charge in [-0.25, -0.2) is 9.78 Å². The van der Waals surface area contributed by atoms with Crippen LogP contribution >= 0.6 is 0 Å². The second-order valence-corrected chi connectivity index (χ2v) is 6.59. The molecule has 0 saturated carbocycles. The third-order valence-corrected chi connectivity index (χ3v) is 4.97. The van der Waals surface area contributed by atoms with Crippen LogP contribution in [0.4, 0.5) is 4.79 Å². The number of hydrogen-bond donors (Lipinski definition) is 0. The molecule has 1 aromatic carbocycles. The number of carbonyl (C=O) groups excluding carboxylic acids is 1. The van der Waals surface area contributed by atoms with E-state index in [4.69, 9.17) is 0 Å². The highest BCUT2D eigenvalue weighted by Gasteiger charge is 2.25. The van der Waals surface area contributed by atoms with Crippen molar-refractivity contribution in [1.82, 2.24) is 19.4 Å². The molecule has 3 rings (SSSR count). The Hall–Kier alpha value is -2.14. The van der Waals surface area contributed by atoms with Crippen molar-refractivity contribution in [3.8, 4) is 11.3 Å². The van der Waals surface area contributed by atoms with Crippen molar-refractivity contribution in [2.45, 2.75) is 32.7 Å². The Morgan fingerprint density at radius 2 is 2.08 bits per heavy atom. The first-order valence-electron chi connectivity index (χ1n) is 8.69. The average Bonchev–Trinajstić information content (AvgIpc) is 3.10. The van der Waals surface area contributed by atoms with Crippen LogP contribution in [0.1, 0.15) is 25.3 Å². The Kier molecular flexibility index (Phi) is 5.00. The summed E-state index contributed by atoms with van der Waals surface area (Å²) in [4.78, 5) is 21.5. The van der Waals surface area contributed by atoms with E-state index >= 15 is 0 Å². The molecule has 0 atom stereocenters. The van der Waals surface area contributed by atoms with E-state index in [-0.39, 0.29) is 6.03 Å². The number of aryl methyl sites for hydroxylation is 1. The van der Waals surface area contributed by atoms with Crippen LogP contribution in [-0.4, -0.2) is 58.1 Å². The number of aromatic nitrogens is 2. The zero-order chi connectivity index (χ0) is 17.1. The molecule has 0 radical (unpaired) electrons. The van der Waals surface area contributed by atoms with Crippen LogP contribution in [0.25, 0.3) is 11.3 Å². The standard InChI is InChI=1S/C19H26N4O/c1-4-22-10-8-17(9-11-22)21(3)19(24)23-13-18(20-14-23)16-7-5-6-15(2)12-16/h5-7,12-14,17H,4,8-11H2,1-3H3. The van der Waals surface area contributed by atoms with E-state index in [1.807, 2.05) is 30.3 Å². The van der Waals surface area contributed by atoms with Crippen molar-refractivity contribution in [1.29, 1.82) is 0 Å². The second-order valence-electron chi connectivity index (χ2n) is 6.59. The number of hydrogen-bond acceptors (Lipinski definition) is 3. The molecule has 24 heavy (non-hydrogen) atoms. The van der Waals surface area contributed by atoms with E-state index in [0.29, 0.717) is 6.04 Å². The summed E-state index contributed by atoms with van der Waals surface area (Å²) >= 11 is 0. The van der Waals surface area contributed by atoms with E-state index in [1.165, 1.54) is 5.56 Å². The van der Waals surface area contributed by atoms with Gasteiger partial charge in [-0.05, 0) is 32.4 Å². The van der Waals surface area contributed by atoms with Crippen LogP contribution in [0.2, 0.25) is 0 Å². The van der Waals surface area contributed by atoms with Crippen molar-refractivity contribution >= 4 is 6.03 Å². The predicted octanol–water partition coefficient (Wildman–Crippen LogP) is 3.24. The maximum atomic E-state index is 12.7. The van der Waals surface area contributed by atoms with Gasteiger partial charge in [-0.1, -0.05) is 30.7 Å². The molecule has 0 N–H and O–H groups in total. The Bertz CT molecular complexity index is 701. The molecule has 1 fully saturated rings. The maximum absolute atomic E-state index is 12.7. The molecule has 5 heteroatoms. The van der Waals surface area contributed by atoms with Gasteiger partial charge in [0.1, 0.15) is 6.33 Å². The number of benzene rings is 1. The molecule has 1 aliphatic heterocycles. The first kappa shape index (κ1) is 16.7. The SMILES string of the molecule is CCN1CCC(N(C)C(=O)n2cnc(-c3cccc(C)c3)c2)CC1. The lowest BCUT2D eigenvalue weighted by Gasteiger charge is -2.36. The number of piperidine rings is 1. The molecule has 5 nitrogen and oxygen atoms in total.